The Morgan fingerprint density at radius 1 is 1.29 bits per heavy atom. The highest BCUT2D eigenvalue weighted by Crippen LogP contribution is 2.24. The molecule has 2 N–H and O–H groups in total. The zero-order chi connectivity index (χ0) is 15.2. The Morgan fingerprint density at radius 3 is 2.76 bits per heavy atom. The number of carbonyl (C=O) groups is 2. The highest BCUT2D eigenvalue weighted by molar-refractivity contribution is 6.42. The number of hydrogen-bond donors (Lipinski definition) is 2. The second kappa shape index (κ2) is 7.52. The van der Waals surface area contributed by atoms with Crippen molar-refractivity contribution in [2.75, 3.05) is 25.0 Å². The zero-order valence-electron chi connectivity index (χ0n) is 11.5. The number of rotatable bonds is 5. The molecule has 0 unspecified atom stereocenters. The molecule has 0 aromatic heterocycles. The third kappa shape index (κ3) is 4.79. The number of anilines is 1. The smallest absolute Gasteiger partial charge is 0.319 e. The van der Waals surface area contributed by atoms with E-state index in [-0.39, 0.29) is 11.9 Å². The topological polar surface area (TPSA) is 61.4 Å². The van der Waals surface area contributed by atoms with E-state index in [4.69, 9.17) is 23.2 Å². The van der Waals surface area contributed by atoms with E-state index in [0.717, 1.165) is 19.4 Å². The van der Waals surface area contributed by atoms with Crippen LogP contribution in [-0.4, -0.2) is 36.5 Å². The summed E-state index contributed by atoms with van der Waals surface area (Å²) in [6.07, 6.45) is 2.32. The lowest BCUT2D eigenvalue weighted by molar-refractivity contribution is -0.127. The number of halogens is 2. The number of benzene rings is 1. The minimum absolute atomic E-state index is 0.204. The normalized spacial score (nSPS) is 14.4. The number of carbonyl (C=O) groups excluding carboxylic acids is 2. The molecule has 0 spiro atoms. The fraction of sp³-hybridized carbons (Fsp3) is 0.429. The molecule has 2 rings (SSSR count). The summed E-state index contributed by atoms with van der Waals surface area (Å²) in [6.45, 7) is 2.02. The van der Waals surface area contributed by atoms with Crippen LogP contribution in [0.3, 0.4) is 0 Å². The first-order valence-electron chi connectivity index (χ1n) is 6.84. The number of urea groups is 1. The van der Waals surface area contributed by atoms with Gasteiger partial charge in [-0.15, -0.1) is 0 Å². The van der Waals surface area contributed by atoms with Crippen LogP contribution in [0.1, 0.15) is 19.3 Å². The van der Waals surface area contributed by atoms with Crippen molar-refractivity contribution >= 4 is 40.8 Å². The Balaban J connectivity index is 1.67. The highest BCUT2D eigenvalue weighted by Gasteiger charge is 2.18. The molecule has 21 heavy (non-hydrogen) atoms. The van der Waals surface area contributed by atoms with Crippen LogP contribution >= 0.6 is 23.2 Å². The van der Waals surface area contributed by atoms with Crippen LogP contribution in [0.4, 0.5) is 10.5 Å². The molecule has 0 bridgehead atoms. The van der Waals surface area contributed by atoms with Gasteiger partial charge in [0.15, 0.2) is 0 Å². The number of hydrogen-bond acceptors (Lipinski definition) is 2. The number of amides is 3. The molecule has 1 aliphatic rings. The molecule has 1 heterocycles. The summed E-state index contributed by atoms with van der Waals surface area (Å²) in [7, 11) is 0. The Kier molecular flexibility index (Phi) is 5.70. The van der Waals surface area contributed by atoms with Crippen molar-refractivity contribution in [1.82, 2.24) is 10.2 Å². The van der Waals surface area contributed by atoms with Gasteiger partial charge in [0.2, 0.25) is 5.91 Å². The SMILES string of the molecule is O=C(NCCCN1CCCC1=O)Nc1ccc(Cl)c(Cl)c1. The molecule has 0 radical (unpaired) electrons. The number of likely N-dealkylation sites (tertiary alicyclic amines) is 1. The van der Waals surface area contributed by atoms with Crippen LogP contribution in [0.2, 0.25) is 10.0 Å². The minimum Gasteiger partial charge on any atom is -0.343 e. The summed E-state index contributed by atoms with van der Waals surface area (Å²) in [5.74, 6) is 0.204. The molecular formula is C14H17Cl2N3O2. The summed E-state index contributed by atoms with van der Waals surface area (Å²) in [6, 6.07) is 4.59. The van der Waals surface area contributed by atoms with E-state index in [2.05, 4.69) is 10.6 Å². The van der Waals surface area contributed by atoms with Gasteiger partial charge in [-0.25, -0.2) is 4.79 Å². The summed E-state index contributed by atoms with van der Waals surface area (Å²) in [5, 5.41) is 6.25. The number of nitrogens with zero attached hydrogens (tertiary/aromatic N) is 1. The Labute approximate surface area is 133 Å². The van der Waals surface area contributed by atoms with Gasteiger partial charge in [-0.3, -0.25) is 4.79 Å². The maximum absolute atomic E-state index is 11.7. The van der Waals surface area contributed by atoms with Gasteiger partial charge in [0.1, 0.15) is 0 Å². The second-order valence-electron chi connectivity index (χ2n) is 4.85. The maximum atomic E-state index is 11.7. The van der Waals surface area contributed by atoms with Crippen molar-refractivity contribution in [3.05, 3.63) is 28.2 Å². The summed E-state index contributed by atoms with van der Waals surface area (Å²) >= 11 is 11.7. The Bertz CT molecular complexity index is 537. The van der Waals surface area contributed by atoms with Crippen molar-refractivity contribution in [1.29, 1.82) is 0 Å². The van der Waals surface area contributed by atoms with E-state index < -0.39 is 0 Å². The quantitative estimate of drug-likeness (QED) is 0.815. The van der Waals surface area contributed by atoms with E-state index in [0.29, 0.717) is 35.2 Å². The van der Waals surface area contributed by atoms with E-state index >= 15 is 0 Å². The fourth-order valence-corrected chi connectivity index (χ4v) is 2.46. The first-order chi connectivity index (χ1) is 10.1. The van der Waals surface area contributed by atoms with E-state index in [9.17, 15) is 9.59 Å². The predicted molar refractivity (Wildman–Crippen MR) is 83.9 cm³/mol. The van der Waals surface area contributed by atoms with Gasteiger partial charge < -0.3 is 15.5 Å². The molecule has 1 aromatic rings. The maximum Gasteiger partial charge on any atom is 0.319 e. The molecule has 0 aliphatic carbocycles. The molecule has 1 fully saturated rings. The van der Waals surface area contributed by atoms with Crippen LogP contribution in [0.25, 0.3) is 0 Å². The van der Waals surface area contributed by atoms with Gasteiger partial charge in [0.25, 0.3) is 0 Å². The van der Waals surface area contributed by atoms with Crippen LogP contribution in [0.5, 0.6) is 0 Å². The second-order valence-corrected chi connectivity index (χ2v) is 5.66. The average Bonchev–Trinajstić information content (AvgIpc) is 2.85. The van der Waals surface area contributed by atoms with Gasteiger partial charge in [0, 0.05) is 31.7 Å². The third-order valence-electron chi connectivity index (χ3n) is 3.24. The van der Waals surface area contributed by atoms with Crippen molar-refractivity contribution in [2.45, 2.75) is 19.3 Å². The van der Waals surface area contributed by atoms with Crippen molar-refractivity contribution in [3.63, 3.8) is 0 Å². The van der Waals surface area contributed by atoms with Crippen LogP contribution in [0, 0.1) is 0 Å². The van der Waals surface area contributed by atoms with E-state index in [1.807, 2.05) is 4.90 Å². The van der Waals surface area contributed by atoms with Crippen LogP contribution in [-0.2, 0) is 4.79 Å². The molecule has 1 saturated heterocycles. The first-order valence-corrected chi connectivity index (χ1v) is 7.59. The molecule has 3 amide bonds. The standard InChI is InChI=1S/C14H17Cl2N3O2/c15-11-5-4-10(9-12(11)16)18-14(21)17-6-2-8-19-7-1-3-13(19)20/h4-5,9H,1-3,6-8H2,(H2,17,18,21). The Hall–Kier alpha value is -1.46. The van der Waals surface area contributed by atoms with Gasteiger partial charge in [-0.2, -0.15) is 0 Å². The van der Waals surface area contributed by atoms with E-state index in [1.165, 1.54) is 0 Å². The predicted octanol–water partition coefficient (Wildman–Crippen LogP) is 3.13. The lowest BCUT2D eigenvalue weighted by Crippen LogP contribution is -2.33. The molecule has 5 nitrogen and oxygen atoms in total. The number of nitrogens with one attached hydrogen (secondary N) is 2. The van der Waals surface area contributed by atoms with Gasteiger partial charge in [-0.1, -0.05) is 23.2 Å². The van der Waals surface area contributed by atoms with Gasteiger partial charge >= 0.3 is 6.03 Å². The molecular weight excluding hydrogens is 313 g/mol. The minimum atomic E-state index is -0.305. The summed E-state index contributed by atoms with van der Waals surface area (Å²) < 4.78 is 0. The van der Waals surface area contributed by atoms with Crippen molar-refractivity contribution < 1.29 is 9.59 Å². The Morgan fingerprint density at radius 2 is 2.10 bits per heavy atom. The highest BCUT2D eigenvalue weighted by atomic mass is 35.5. The van der Waals surface area contributed by atoms with Crippen molar-refractivity contribution in [3.8, 4) is 0 Å². The van der Waals surface area contributed by atoms with Gasteiger partial charge in [-0.05, 0) is 31.0 Å². The van der Waals surface area contributed by atoms with E-state index in [1.54, 1.807) is 18.2 Å². The van der Waals surface area contributed by atoms with Crippen LogP contribution < -0.4 is 10.6 Å². The lowest BCUT2D eigenvalue weighted by atomic mass is 10.3. The molecule has 114 valence electrons. The molecule has 0 atom stereocenters. The summed E-state index contributed by atoms with van der Waals surface area (Å²) in [4.78, 5) is 24.9. The van der Waals surface area contributed by atoms with Gasteiger partial charge in [0.05, 0.1) is 10.0 Å². The van der Waals surface area contributed by atoms with Crippen molar-refractivity contribution in [2.24, 2.45) is 0 Å². The zero-order valence-corrected chi connectivity index (χ0v) is 13.0. The first kappa shape index (κ1) is 15.9. The van der Waals surface area contributed by atoms with Crippen LogP contribution in [0.15, 0.2) is 18.2 Å². The monoisotopic (exact) mass is 329 g/mol. The molecule has 7 heteroatoms. The lowest BCUT2D eigenvalue weighted by Gasteiger charge is -2.15. The fourth-order valence-electron chi connectivity index (χ4n) is 2.16. The summed E-state index contributed by atoms with van der Waals surface area (Å²) in [5.41, 5.74) is 0.580. The molecule has 1 aliphatic heterocycles. The largest absolute Gasteiger partial charge is 0.343 e. The molecule has 1 aromatic carbocycles. The third-order valence-corrected chi connectivity index (χ3v) is 3.98. The average molecular weight is 330 g/mol. The molecule has 0 saturated carbocycles.